The summed E-state index contributed by atoms with van der Waals surface area (Å²) in [4.78, 5) is 11.1. The molecule has 1 saturated heterocycles. The van der Waals surface area contributed by atoms with Gasteiger partial charge in [-0.25, -0.2) is 0 Å². The van der Waals surface area contributed by atoms with E-state index in [1.165, 1.54) is 7.11 Å². The fourth-order valence-corrected chi connectivity index (χ4v) is 2.71. The molecule has 1 aliphatic heterocycles. The van der Waals surface area contributed by atoms with Crippen LogP contribution in [0.4, 0.5) is 0 Å². The van der Waals surface area contributed by atoms with Gasteiger partial charge in [-0.05, 0) is 0 Å². The summed E-state index contributed by atoms with van der Waals surface area (Å²) >= 11 is 1.79. The number of methoxy groups -OCH3 is 1. The Kier molecular flexibility index (Phi) is 3.63. The van der Waals surface area contributed by atoms with Crippen LogP contribution in [0.25, 0.3) is 0 Å². The zero-order chi connectivity index (χ0) is 8.27. The number of carbonyl (C=O) groups excluding carboxylic acids is 1. The molecule has 1 heterocycles. The maximum Gasteiger partial charge on any atom is 0.324 e. The van der Waals surface area contributed by atoms with Crippen LogP contribution in [0.3, 0.4) is 0 Å². The third-order valence-corrected chi connectivity index (χ3v) is 3.28. The van der Waals surface area contributed by atoms with Crippen LogP contribution < -0.4 is 0 Å². The first-order valence-electron chi connectivity index (χ1n) is 3.42. The molecule has 5 heteroatoms. The van der Waals surface area contributed by atoms with Gasteiger partial charge in [-0.15, -0.1) is 0 Å². The lowest BCUT2D eigenvalue weighted by atomic mass is 10.3. The highest BCUT2D eigenvalue weighted by Crippen LogP contribution is 2.20. The molecule has 0 aliphatic carbocycles. The van der Waals surface area contributed by atoms with E-state index in [1.807, 2.05) is 4.67 Å². The second-order valence-electron chi connectivity index (χ2n) is 2.35. The van der Waals surface area contributed by atoms with Crippen molar-refractivity contribution >= 4 is 27.1 Å². The van der Waals surface area contributed by atoms with Crippen molar-refractivity contribution in [2.24, 2.45) is 0 Å². The minimum absolute atomic E-state index is 0.0660. The van der Waals surface area contributed by atoms with E-state index in [2.05, 4.69) is 14.1 Å². The number of hydrogen-bond donors (Lipinski definition) is 0. The van der Waals surface area contributed by atoms with E-state index in [0.717, 1.165) is 18.1 Å². The van der Waals surface area contributed by atoms with Crippen molar-refractivity contribution in [2.75, 3.05) is 25.2 Å². The van der Waals surface area contributed by atoms with Crippen LogP contribution in [0.2, 0.25) is 0 Å². The average molecular weight is 193 g/mol. The predicted molar refractivity (Wildman–Crippen MR) is 49.5 cm³/mol. The van der Waals surface area contributed by atoms with Gasteiger partial charge in [-0.1, -0.05) is 9.39 Å². The first-order chi connectivity index (χ1) is 5.25. The Hall–Kier alpha value is 0.210. The minimum atomic E-state index is -0.132. The molecule has 1 aliphatic rings. The zero-order valence-corrected chi connectivity index (χ0v) is 8.42. The molecule has 0 aromatic carbocycles. The monoisotopic (exact) mass is 193 g/mol. The lowest BCUT2D eigenvalue weighted by Crippen LogP contribution is -2.41. The van der Waals surface area contributed by atoms with Gasteiger partial charge in [0.15, 0.2) is 0 Å². The fraction of sp³-hybridized carbons (Fsp3) is 0.833. The Morgan fingerprint density at radius 1 is 1.82 bits per heavy atom. The van der Waals surface area contributed by atoms with Crippen molar-refractivity contribution in [3.8, 4) is 0 Å². The topological polar surface area (TPSA) is 29.5 Å². The van der Waals surface area contributed by atoms with E-state index in [1.54, 1.807) is 11.8 Å². The molecule has 3 nitrogen and oxygen atoms in total. The summed E-state index contributed by atoms with van der Waals surface area (Å²) in [5.41, 5.74) is 0. The summed E-state index contributed by atoms with van der Waals surface area (Å²) in [6, 6.07) is -0.0660. The molecule has 1 rings (SSSR count). The third-order valence-electron chi connectivity index (χ3n) is 1.64. The molecule has 0 amide bonds. The number of esters is 1. The van der Waals surface area contributed by atoms with Crippen molar-refractivity contribution in [3.05, 3.63) is 0 Å². The average Bonchev–Trinajstić information content (AvgIpc) is 2.04. The molecule has 0 aromatic rings. The van der Waals surface area contributed by atoms with Crippen LogP contribution in [0.1, 0.15) is 0 Å². The van der Waals surface area contributed by atoms with Gasteiger partial charge in [-0.3, -0.25) is 9.46 Å². The van der Waals surface area contributed by atoms with Gasteiger partial charge in [0.05, 0.1) is 7.11 Å². The van der Waals surface area contributed by atoms with E-state index in [0.29, 0.717) is 0 Å². The Morgan fingerprint density at radius 3 is 3.09 bits per heavy atom. The Bertz CT molecular complexity index is 156. The van der Waals surface area contributed by atoms with E-state index in [-0.39, 0.29) is 12.0 Å². The molecule has 64 valence electrons. The number of rotatable bonds is 1. The smallest absolute Gasteiger partial charge is 0.324 e. The highest BCUT2D eigenvalue weighted by atomic mass is 32.2. The highest BCUT2D eigenvalue weighted by Gasteiger charge is 2.26. The minimum Gasteiger partial charge on any atom is -0.468 e. The molecule has 0 spiro atoms. The molecular weight excluding hydrogens is 181 g/mol. The largest absolute Gasteiger partial charge is 0.468 e. The molecule has 2 unspecified atom stereocenters. The Balaban J connectivity index is 2.47. The Labute approximate surface area is 73.1 Å². The van der Waals surface area contributed by atoms with Gasteiger partial charge in [0.2, 0.25) is 0 Å². The van der Waals surface area contributed by atoms with Crippen molar-refractivity contribution in [2.45, 2.75) is 6.04 Å². The fourth-order valence-electron chi connectivity index (χ4n) is 0.956. The summed E-state index contributed by atoms with van der Waals surface area (Å²) in [7, 11) is 3.99. The number of carbonyl (C=O) groups is 1. The molecule has 0 aromatic heterocycles. The van der Waals surface area contributed by atoms with Gasteiger partial charge in [-0.2, -0.15) is 11.8 Å². The van der Waals surface area contributed by atoms with E-state index >= 15 is 0 Å². The van der Waals surface area contributed by atoms with E-state index in [9.17, 15) is 4.79 Å². The summed E-state index contributed by atoms with van der Waals surface area (Å²) in [6.07, 6.45) is 0. The van der Waals surface area contributed by atoms with Gasteiger partial charge < -0.3 is 4.74 Å². The number of thioether (sulfide) groups is 1. The highest BCUT2D eigenvalue weighted by molar-refractivity contribution is 7.99. The predicted octanol–water partition coefficient (Wildman–Crippen LogP) is 0.367. The van der Waals surface area contributed by atoms with Crippen molar-refractivity contribution in [3.63, 3.8) is 0 Å². The molecule has 2 atom stereocenters. The van der Waals surface area contributed by atoms with Crippen LogP contribution in [0.5, 0.6) is 0 Å². The third kappa shape index (κ3) is 2.32. The summed E-state index contributed by atoms with van der Waals surface area (Å²) < 4.78 is 6.61. The summed E-state index contributed by atoms with van der Waals surface area (Å²) in [6.45, 7) is 0.940. The molecule has 0 N–H and O–H groups in total. The first-order valence-corrected chi connectivity index (χ1v) is 5.09. The summed E-state index contributed by atoms with van der Waals surface area (Å²) in [5, 5.41) is 0. The SMILES string of the molecule is COC(=O)C1CSCCN1P. The van der Waals surface area contributed by atoms with E-state index in [4.69, 9.17) is 0 Å². The molecule has 0 radical (unpaired) electrons. The number of nitrogens with zero attached hydrogens (tertiary/aromatic N) is 1. The van der Waals surface area contributed by atoms with Crippen LogP contribution in [0, 0.1) is 0 Å². The van der Waals surface area contributed by atoms with Gasteiger partial charge in [0.25, 0.3) is 0 Å². The normalized spacial score (nSPS) is 26.5. The molecule has 1 fully saturated rings. The zero-order valence-electron chi connectivity index (χ0n) is 6.45. The number of hydrogen-bond acceptors (Lipinski definition) is 4. The Morgan fingerprint density at radius 2 is 2.55 bits per heavy atom. The lowest BCUT2D eigenvalue weighted by Gasteiger charge is -2.29. The van der Waals surface area contributed by atoms with Crippen molar-refractivity contribution in [1.29, 1.82) is 0 Å². The van der Waals surface area contributed by atoms with Crippen LogP contribution in [-0.2, 0) is 9.53 Å². The van der Waals surface area contributed by atoms with Gasteiger partial charge in [0.1, 0.15) is 6.04 Å². The quantitative estimate of drug-likeness (QED) is 0.444. The van der Waals surface area contributed by atoms with Crippen molar-refractivity contribution in [1.82, 2.24) is 4.67 Å². The molecule has 0 bridgehead atoms. The standard InChI is InChI=1S/C6H12NO2PS/c1-9-6(8)5-4-11-3-2-7(5)10/h5H,2-4,10H2,1H3. The van der Waals surface area contributed by atoms with Crippen LogP contribution in [-0.4, -0.2) is 41.8 Å². The second-order valence-corrected chi connectivity index (χ2v) is 4.16. The van der Waals surface area contributed by atoms with Gasteiger partial charge >= 0.3 is 5.97 Å². The molecule has 0 saturated carbocycles. The van der Waals surface area contributed by atoms with Crippen molar-refractivity contribution < 1.29 is 9.53 Å². The van der Waals surface area contributed by atoms with E-state index < -0.39 is 0 Å². The maximum atomic E-state index is 11.1. The van der Waals surface area contributed by atoms with Crippen LogP contribution >= 0.6 is 21.2 Å². The molecule has 11 heavy (non-hydrogen) atoms. The number of ether oxygens (including phenoxy) is 1. The molecular formula is C6H12NO2PS. The second kappa shape index (κ2) is 4.29. The maximum absolute atomic E-state index is 11.1. The first kappa shape index (κ1) is 9.30. The van der Waals surface area contributed by atoms with Crippen LogP contribution in [0.15, 0.2) is 0 Å². The summed E-state index contributed by atoms with van der Waals surface area (Å²) in [5.74, 6) is 1.81. The lowest BCUT2D eigenvalue weighted by molar-refractivity contribution is -0.144. The van der Waals surface area contributed by atoms with Gasteiger partial charge in [0, 0.05) is 18.1 Å².